The van der Waals surface area contributed by atoms with Gasteiger partial charge < -0.3 is 0 Å². The molecule has 0 saturated carbocycles. The SMILES string of the molecule is O=C(c1ccccn1)C(Cl)Cc1ccncc1. The Morgan fingerprint density at radius 2 is 1.94 bits per heavy atom. The quantitative estimate of drug-likeness (QED) is 0.615. The fourth-order valence-electron chi connectivity index (χ4n) is 1.49. The van der Waals surface area contributed by atoms with Crippen LogP contribution < -0.4 is 0 Å². The molecule has 86 valence electrons. The summed E-state index contributed by atoms with van der Waals surface area (Å²) in [6, 6.07) is 8.91. The van der Waals surface area contributed by atoms with Crippen molar-refractivity contribution in [1.82, 2.24) is 9.97 Å². The lowest BCUT2D eigenvalue weighted by Gasteiger charge is -2.07. The number of rotatable bonds is 4. The highest BCUT2D eigenvalue weighted by atomic mass is 35.5. The Morgan fingerprint density at radius 1 is 1.18 bits per heavy atom. The van der Waals surface area contributed by atoms with E-state index in [9.17, 15) is 4.79 Å². The Labute approximate surface area is 104 Å². The average Bonchev–Trinajstić information content (AvgIpc) is 2.40. The third-order valence-corrected chi connectivity index (χ3v) is 2.72. The van der Waals surface area contributed by atoms with Gasteiger partial charge in [0.15, 0.2) is 5.78 Å². The summed E-state index contributed by atoms with van der Waals surface area (Å²) in [6.45, 7) is 0. The molecule has 0 aliphatic heterocycles. The normalized spacial score (nSPS) is 12.1. The maximum Gasteiger partial charge on any atom is 0.199 e. The topological polar surface area (TPSA) is 42.9 Å². The number of carbonyl (C=O) groups is 1. The van der Waals surface area contributed by atoms with Gasteiger partial charge in [-0.1, -0.05) is 6.07 Å². The van der Waals surface area contributed by atoms with E-state index in [1.54, 1.807) is 36.8 Å². The predicted octanol–water partition coefficient (Wildman–Crippen LogP) is 2.51. The highest BCUT2D eigenvalue weighted by molar-refractivity contribution is 6.33. The third kappa shape index (κ3) is 3.11. The van der Waals surface area contributed by atoms with Gasteiger partial charge in [-0.25, -0.2) is 0 Å². The molecule has 1 unspecified atom stereocenters. The number of halogens is 1. The zero-order chi connectivity index (χ0) is 12.1. The summed E-state index contributed by atoms with van der Waals surface area (Å²) in [5, 5.41) is -0.590. The monoisotopic (exact) mass is 246 g/mol. The minimum absolute atomic E-state index is 0.149. The summed E-state index contributed by atoms with van der Waals surface area (Å²) in [4.78, 5) is 19.8. The van der Waals surface area contributed by atoms with Crippen molar-refractivity contribution in [3.63, 3.8) is 0 Å². The number of ketones is 1. The molecule has 4 heteroatoms. The van der Waals surface area contributed by atoms with Gasteiger partial charge in [-0.15, -0.1) is 11.6 Å². The Balaban J connectivity index is 2.06. The molecule has 0 radical (unpaired) electrons. The Morgan fingerprint density at radius 3 is 2.59 bits per heavy atom. The Bertz CT molecular complexity index is 487. The minimum Gasteiger partial charge on any atom is -0.291 e. The first-order valence-corrected chi connectivity index (χ1v) is 5.69. The fraction of sp³-hybridized carbons (Fsp3) is 0.154. The first-order valence-electron chi connectivity index (χ1n) is 5.25. The molecule has 0 aromatic carbocycles. The van der Waals surface area contributed by atoms with Crippen LogP contribution in [0.25, 0.3) is 0 Å². The van der Waals surface area contributed by atoms with Crippen molar-refractivity contribution in [2.24, 2.45) is 0 Å². The molecular weight excluding hydrogens is 236 g/mol. The summed E-state index contributed by atoms with van der Waals surface area (Å²) in [7, 11) is 0. The van der Waals surface area contributed by atoms with Crippen molar-refractivity contribution in [1.29, 1.82) is 0 Å². The third-order valence-electron chi connectivity index (χ3n) is 2.37. The van der Waals surface area contributed by atoms with Gasteiger partial charge in [0.05, 0.1) is 0 Å². The maximum atomic E-state index is 11.9. The summed E-state index contributed by atoms with van der Waals surface area (Å²) in [5.74, 6) is -0.149. The van der Waals surface area contributed by atoms with Crippen molar-refractivity contribution >= 4 is 17.4 Å². The molecule has 0 amide bonds. The molecule has 2 heterocycles. The highest BCUT2D eigenvalue weighted by Gasteiger charge is 2.18. The molecular formula is C13H11ClN2O. The van der Waals surface area contributed by atoms with Crippen LogP contribution in [0.15, 0.2) is 48.9 Å². The van der Waals surface area contributed by atoms with Crippen molar-refractivity contribution in [3.8, 4) is 0 Å². The van der Waals surface area contributed by atoms with Gasteiger partial charge >= 0.3 is 0 Å². The van der Waals surface area contributed by atoms with E-state index in [0.29, 0.717) is 12.1 Å². The van der Waals surface area contributed by atoms with Crippen LogP contribution in [0.4, 0.5) is 0 Å². The van der Waals surface area contributed by atoms with Crippen molar-refractivity contribution in [2.45, 2.75) is 11.8 Å². The second-order valence-electron chi connectivity index (χ2n) is 3.61. The first kappa shape index (κ1) is 11.7. The molecule has 3 nitrogen and oxygen atoms in total. The number of Topliss-reactive ketones (excluding diaryl/α,β-unsaturated/α-hetero) is 1. The van der Waals surface area contributed by atoms with Gasteiger partial charge in [-0.3, -0.25) is 14.8 Å². The molecule has 0 bridgehead atoms. The van der Waals surface area contributed by atoms with E-state index in [2.05, 4.69) is 9.97 Å². The van der Waals surface area contributed by atoms with Gasteiger partial charge in [-0.2, -0.15) is 0 Å². The van der Waals surface area contributed by atoms with Crippen LogP contribution in [0.2, 0.25) is 0 Å². The number of carbonyl (C=O) groups excluding carboxylic acids is 1. The number of nitrogens with zero attached hydrogens (tertiary/aromatic N) is 2. The van der Waals surface area contributed by atoms with Gasteiger partial charge in [0.2, 0.25) is 0 Å². The maximum absolute atomic E-state index is 11.9. The van der Waals surface area contributed by atoms with E-state index in [1.165, 1.54) is 0 Å². The highest BCUT2D eigenvalue weighted by Crippen LogP contribution is 2.12. The van der Waals surface area contributed by atoms with E-state index < -0.39 is 5.38 Å². The molecule has 17 heavy (non-hydrogen) atoms. The van der Waals surface area contributed by atoms with Crippen LogP contribution in [0.3, 0.4) is 0 Å². The summed E-state index contributed by atoms with van der Waals surface area (Å²) in [6.07, 6.45) is 5.44. The zero-order valence-electron chi connectivity index (χ0n) is 9.08. The molecule has 0 aliphatic carbocycles. The number of aromatic nitrogens is 2. The van der Waals surface area contributed by atoms with E-state index in [-0.39, 0.29) is 5.78 Å². The first-order chi connectivity index (χ1) is 8.27. The lowest BCUT2D eigenvalue weighted by Crippen LogP contribution is -2.18. The number of pyridine rings is 2. The van der Waals surface area contributed by atoms with Crippen LogP contribution in [0, 0.1) is 0 Å². The number of alkyl halides is 1. The summed E-state index contributed by atoms with van der Waals surface area (Å²) >= 11 is 6.09. The largest absolute Gasteiger partial charge is 0.291 e. The number of hydrogen-bond acceptors (Lipinski definition) is 3. The standard InChI is InChI=1S/C13H11ClN2O/c14-11(9-10-4-7-15-8-5-10)13(17)12-3-1-2-6-16-12/h1-8,11H,9H2. The molecule has 1 atom stereocenters. The van der Waals surface area contributed by atoms with E-state index in [1.807, 2.05) is 12.1 Å². The molecule has 0 saturated heterocycles. The molecule has 2 rings (SSSR count). The van der Waals surface area contributed by atoms with Gasteiger partial charge in [-0.05, 0) is 36.2 Å². The van der Waals surface area contributed by atoms with E-state index in [0.717, 1.165) is 5.56 Å². The second-order valence-corrected chi connectivity index (χ2v) is 4.13. The summed E-state index contributed by atoms with van der Waals surface area (Å²) in [5.41, 5.74) is 1.39. The van der Waals surface area contributed by atoms with Crippen LogP contribution in [-0.2, 0) is 6.42 Å². The molecule has 2 aromatic heterocycles. The van der Waals surface area contributed by atoms with Crippen LogP contribution >= 0.6 is 11.6 Å². The lowest BCUT2D eigenvalue weighted by atomic mass is 10.1. The summed E-state index contributed by atoms with van der Waals surface area (Å²) < 4.78 is 0. The van der Waals surface area contributed by atoms with Crippen LogP contribution in [-0.4, -0.2) is 21.1 Å². The van der Waals surface area contributed by atoms with Crippen molar-refractivity contribution < 1.29 is 4.79 Å². The Hall–Kier alpha value is -1.74. The van der Waals surface area contributed by atoms with Crippen molar-refractivity contribution in [2.75, 3.05) is 0 Å². The lowest BCUT2D eigenvalue weighted by molar-refractivity contribution is 0.0982. The van der Waals surface area contributed by atoms with Crippen molar-refractivity contribution in [3.05, 3.63) is 60.2 Å². The fourth-order valence-corrected chi connectivity index (χ4v) is 1.78. The number of hydrogen-bond donors (Lipinski definition) is 0. The molecule has 0 N–H and O–H groups in total. The Kier molecular flexibility index (Phi) is 3.83. The van der Waals surface area contributed by atoms with Gasteiger partial charge in [0.25, 0.3) is 0 Å². The predicted molar refractivity (Wildman–Crippen MR) is 66.1 cm³/mol. The zero-order valence-corrected chi connectivity index (χ0v) is 9.84. The van der Waals surface area contributed by atoms with Gasteiger partial charge in [0, 0.05) is 18.6 Å². The smallest absolute Gasteiger partial charge is 0.199 e. The van der Waals surface area contributed by atoms with Gasteiger partial charge in [0.1, 0.15) is 11.1 Å². The molecule has 0 aliphatic rings. The van der Waals surface area contributed by atoms with E-state index >= 15 is 0 Å². The molecule has 0 spiro atoms. The van der Waals surface area contributed by atoms with Crippen LogP contribution in [0.1, 0.15) is 16.1 Å². The average molecular weight is 247 g/mol. The molecule has 2 aromatic rings. The van der Waals surface area contributed by atoms with E-state index in [4.69, 9.17) is 11.6 Å². The van der Waals surface area contributed by atoms with Crippen LogP contribution in [0.5, 0.6) is 0 Å². The second kappa shape index (κ2) is 5.55. The molecule has 0 fully saturated rings. The minimum atomic E-state index is -0.590.